The fourth-order valence-corrected chi connectivity index (χ4v) is 2.71. The molecule has 1 aromatic heterocycles. The highest BCUT2D eigenvalue weighted by atomic mass is 32.2. The number of hydrogen-bond acceptors (Lipinski definition) is 7. The lowest BCUT2D eigenvalue weighted by molar-refractivity contribution is 0.601. The van der Waals surface area contributed by atoms with Crippen molar-refractivity contribution in [3.8, 4) is 6.07 Å². The molecular weight excluding hydrogens is 262 g/mol. The van der Waals surface area contributed by atoms with Crippen LogP contribution >= 0.6 is 11.5 Å². The molecule has 0 radical (unpaired) electrons. The van der Waals surface area contributed by atoms with Crippen LogP contribution in [0, 0.1) is 11.3 Å². The van der Waals surface area contributed by atoms with Crippen molar-refractivity contribution in [1.29, 1.82) is 5.26 Å². The van der Waals surface area contributed by atoms with Gasteiger partial charge in [0.25, 0.3) is 10.0 Å². The molecule has 17 heavy (non-hydrogen) atoms. The number of sulfonamides is 1. The Morgan fingerprint density at radius 2 is 2.24 bits per heavy atom. The van der Waals surface area contributed by atoms with Gasteiger partial charge in [0.15, 0.2) is 0 Å². The van der Waals surface area contributed by atoms with Crippen molar-refractivity contribution in [3.05, 3.63) is 29.8 Å². The highest BCUT2D eigenvalue weighted by Crippen LogP contribution is 2.16. The Balaban J connectivity index is 2.35. The van der Waals surface area contributed by atoms with E-state index in [1.807, 2.05) is 6.07 Å². The summed E-state index contributed by atoms with van der Waals surface area (Å²) in [6, 6.07) is 7.54. The number of nitrogens with one attached hydrogen (secondary N) is 1. The monoisotopic (exact) mass is 267 g/mol. The van der Waals surface area contributed by atoms with E-state index in [0.29, 0.717) is 0 Å². The van der Waals surface area contributed by atoms with Crippen LogP contribution in [0.3, 0.4) is 0 Å². The van der Waals surface area contributed by atoms with Gasteiger partial charge >= 0.3 is 0 Å². The molecule has 0 aliphatic heterocycles. The zero-order valence-electron chi connectivity index (χ0n) is 8.23. The van der Waals surface area contributed by atoms with Gasteiger partial charge in [0, 0.05) is 11.5 Å². The van der Waals surface area contributed by atoms with E-state index in [9.17, 15) is 8.42 Å². The fraction of sp³-hybridized carbons (Fsp3) is 0. The first kappa shape index (κ1) is 11.4. The first-order chi connectivity index (χ1) is 8.12. The molecule has 0 fully saturated rings. The van der Waals surface area contributed by atoms with Gasteiger partial charge in [0.1, 0.15) is 0 Å². The van der Waals surface area contributed by atoms with E-state index in [2.05, 4.69) is 19.5 Å². The Labute approximate surface area is 101 Å². The molecular formula is C8H5N5O2S2. The summed E-state index contributed by atoms with van der Waals surface area (Å²) >= 11 is 0.827. The van der Waals surface area contributed by atoms with Crippen LogP contribution in [0.1, 0.15) is 5.56 Å². The molecule has 0 spiro atoms. The van der Waals surface area contributed by atoms with Gasteiger partial charge in [-0.05, 0) is 23.4 Å². The fourth-order valence-electron chi connectivity index (χ4n) is 1.08. The van der Waals surface area contributed by atoms with Crippen LogP contribution in [0.5, 0.6) is 0 Å². The third-order valence-electron chi connectivity index (χ3n) is 1.79. The molecule has 0 atom stereocenters. The molecule has 0 unspecified atom stereocenters. The second-order valence-corrected chi connectivity index (χ2v) is 5.33. The molecule has 9 heteroatoms. The van der Waals surface area contributed by atoms with Crippen molar-refractivity contribution >= 4 is 26.7 Å². The molecule has 2 aromatic rings. The molecule has 0 aliphatic rings. The molecule has 0 amide bonds. The predicted octanol–water partition coefficient (Wildman–Crippen LogP) is 0.606. The molecule has 1 aromatic carbocycles. The van der Waals surface area contributed by atoms with Gasteiger partial charge in [-0.15, -0.1) is 0 Å². The van der Waals surface area contributed by atoms with Gasteiger partial charge in [-0.25, -0.2) is 8.42 Å². The highest BCUT2D eigenvalue weighted by Gasteiger charge is 2.16. The zero-order chi connectivity index (χ0) is 12.3. The summed E-state index contributed by atoms with van der Waals surface area (Å²) in [7, 11) is -3.75. The minimum absolute atomic E-state index is 0.00764. The molecule has 0 saturated carbocycles. The number of anilines is 1. The van der Waals surface area contributed by atoms with Crippen LogP contribution < -0.4 is 4.72 Å². The second kappa shape index (κ2) is 4.44. The summed E-state index contributed by atoms with van der Waals surface area (Å²) in [6.07, 6.45) is 0. The number of hydrogen-bond donors (Lipinski definition) is 1. The van der Waals surface area contributed by atoms with Gasteiger partial charge in [-0.2, -0.15) is 5.26 Å². The van der Waals surface area contributed by atoms with Gasteiger partial charge in [0.2, 0.25) is 5.13 Å². The number of rotatable bonds is 3. The minimum Gasteiger partial charge on any atom is -0.252 e. The van der Waals surface area contributed by atoms with E-state index in [-0.39, 0.29) is 15.6 Å². The average molecular weight is 267 g/mol. The molecule has 0 saturated heterocycles. The van der Waals surface area contributed by atoms with Crippen molar-refractivity contribution < 1.29 is 8.42 Å². The van der Waals surface area contributed by atoms with Crippen molar-refractivity contribution in [2.75, 3.05) is 4.72 Å². The first-order valence-corrected chi connectivity index (χ1v) is 6.55. The quantitative estimate of drug-likeness (QED) is 0.872. The number of aromatic nitrogens is 3. The van der Waals surface area contributed by atoms with Gasteiger partial charge in [-0.1, -0.05) is 15.7 Å². The van der Waals surface area contributed by atoms with Crippen molar-refractivity contribution in [3.63, 3.8) is 0 Å². The number of benzene rings is 1. The van der Waals surface area contributed by atoms with E-state index in [1.165, 1.54) is 24.3 Å². The second-order valence-electron chi connectivity index (χ2n) is 2.91. The maximum absolute atomic E-state index is 11.9. The third kappa shape index (κ3) is 2.55. The SMILES string of the molecule is N#Cc1cccc(S(=O)(=O)Nc2nnns2)c1. The summed E-state index contributed by atoms with van der Waals surface area (Å²) in [4.78, 5) is -0.00764. The summed E-state index contributed by atoms with van der Waals surface area (Å²) in [6.45, 7) is 0. The first-order valence-electron chi connectivity index (χ1n) is 4.30. The molecule has 2 rings (SSSR count). The Kier molecular flexibility index (Phi) is 2.99. The van der Waals surface area contributed by atoms with Crippen molar-refractivity contribution in [1.82, 2.24) is 14.8 Å². The smallest absolute Gasteiger partial charge is 0.252 e. The van der Waals surface area contributed by atoms with Crippen molar-refractivity contribution in [2.45, 2.75) is 4.90 Å². The highest BCUT2D eigenvalue weighted by molar-refractivity contribution is 7.93. The molecule has 0 bridgehead atoms. The zero-order valence-corrected chi connectivity index (χ0v) is 9.86. The Morgan fingerprint density at radius 1 is 1.41 bits per heavy atom. The summed E-state index contributed by atoms with van der Waals surface area (Å²) in [5, 5.41) is 15.5. The largest absolute Gasteiger partial charge is 0.263 e. The topological polar surface area (TPSA) is 109 Å². The van der Waals surface area contributed by atoms with Gasteiger partial charge < -0.3 is 0 Å². The lowest BCUT2D eigenvalue weighted by Gasteiger charge is -2.03. The maximum Gasteiger partial charge on any atom is 0.263 e. The third-order valence-corrected chi connectivity index (χ3v) is 3.77. The molecule has 1 N–H and O–H groups in total. The summed E-state index contributed by atoms with van der Waals surface area (Å²) in [5.74, 6) is 0. The van der Waals surface area contributed by atoms with E-state index >= 15 is 0 Å². The Hall–Kier alpha value is -2.05. The van der Waals surface area contributed by atoms with Gasteiger partial charge in [-0.3, -0.25) is 4.72 Å². The van der Waals surface area contributed by atoms with E-state index in [0.717, 1.165) is 11.5 Å². The van der Waals surface area contributed by atoms with Crippen LogP contribution in [0.25, 0.3) is 0 Å². The Morgan fingerprint density at radius 3 is 2.88 bits per heavy atom. The maximum atomic E-state index is 11.9. The van der Waals surface area contributed by atoms with E-state index in [4.69, 9.17) is 5.26 Å². The van der Waals surface area contributed by atoms with Crippen LogP contribution in [-0.2, 0) is 10.0 Å². The lowest BCUT2D eigenvalue weighted by Crippen LogP contribution is -2.12. The minimum atomic E-state index is -3.75. The molecule has 7 nitrogen and oxygen atoms in total. The predicted molar refractivity (Wildman–Crippen MR) is 59.7 cm³/mol. The average Bonchev–Trinajstić information content (AvgIpc) is 2.81. The summed E-state index contributed by atoms with van der Waals surface area (Å²) < 4.78 is 29.4. The summed E-state index contributed by atoms with van der Waals surface area (Å²) in [5.41, 5.74) is 0.267. The number of nitrogens with zero attached hydrogens (tertiary/aromatic N) is 4. The van der Waals surface area contributed by atoms with Crippen molar-refractivity contribution in [2.24, 2.45) is 0 Å². The molecule has 0 aliphatic carbocycles. The van der Waals surface area contributed by atoms with Crippen LogP contribution in [0.15, 0.2) is 29.2 Å². The van der Waals surface area contributed by atoms with Gasteiger partial charge in [0.05, 0.1) is 16.5 Å². The van der Waals surface area contributed by atoms with Crippen LogP contribution in [-0.4, -0.2) is 23.2 Å². The standard InChI is InChI=1S/C8H5N5O2S2/c9-5-6-2-1-3-7(4-6)17(14,15)11-8-10-12-13-16-8/h1-4H,(H,10,11,13). The Bertz CT molecular complexity index is 659. The lowest BCUT2D eigenvalue weighted by atomic mass is 10.2. The molecule has 86 valence electrons. The number of nitriles is 1. The van der Waals surface area contributed by atoms with Crippen LogP contribution in [0.2, 0.25) is 0 Å². The normalized spacial score (nSPS) is 10.8. The van der Waals surface area contributed by atoms with Crippen LogP contribution in [0.4, 0.5) is 5.13 Å². The van der Waals surface area contributed by atoms with E-state index < -0.39 is 10.0 Å². The van der Waals surface area contributed by atoms with E-state index in [1.54, 1.807) is 0 Å². The molecule has 1 heterocycles.